The zero-order chi connectivity index (χ0) is 17.3. The number of aliphatic carboxylic acids is 1. The van der Waals surface area contributed by atoms with Crippen molar-refractivity contribution in [2.45, 2.75) is 39.3 Å². The minimum absolute atomic E-state index is 0.174. The van der Waals surface area contributed by atoms with E-state index in [1.54, 1.807) is 0 Å². The van der Waals surface area contributed by atoms with Crippen LogP contribution in [0.2, 0.25) is 0 Å². The summed E-state index contributed by atoms with van der Waals surface area (Å²) in [6.45, 7) is 5.12. The van der Waals surface area contributed by atoms with E-state index in [1.807, 2.05) is 38.1 Å². The predicted octanol–water partition coefficient (Wildman–Crippen LogP) is 2.84. The number of benzene rings is 1. The highest BCUT2D eigenvalue weighted by Gasteiger charge is 2.35. The van der Waals surface area contributed by atoms with Crippen LogP contribution in [0.5, 0.6) is 0 Å². The minimum Gasteiger partial charge on any atom is -0.480 e. The first-order chi connectivity index (χ1) is 11.5. The number of rotatable bonds is 4. The first-order valence-electron chi connectivity index (χ1n) is 8.23. The second kappa shape index (κ2) is 6.51. The van der Waals surface area contributed by atoms with Crippen LogP contribution >= 0.6 is 0 Å². The Morgan fingerprint density at radius 3 is 2.58 bits per heavy atom. The molecule has 1 aliphatic heterocycles. The third-order valence-corrected chi connectivity index (χ3v) is 4.79. The molecule has 1 amide bonds. The smallest absolute Gasteiger partial charge is 0.326 e. The number of aromatic nitrogens is 1. The highest BCUT2D eigenvalue weighted by Crippen LogP contribution is 2.24. The van der Waals surface area contributed by atoms with Crippen LogP contribution in [0.1, 0.15) is 40.2 Å². The fraction of sp³-hybridized carbons (Fsp3) is 0.368. The molecular weight excluding hydrogens is 304 g/mol. The van der Waals surface area contributed by atoms with Crippen molar-refractivity contribution in [1.82, 2.24) is 9.47 Å². The van der Waals surface area contributed by atoms with Gasteiger partial charge in [-0.05, 0) is 38.3 Å². The average Bonchev–Trinajstić information content (AvgIpc) is 3.16. The van der Waals surface area contributed by atoms with Gasteiger partial charge >= 0.3 is 5.97 Å². The van der Waals surface area contributed by atoms with Crippen LogP contribution in [-0.4, -0.2) is 39.0 Å². The highest BCUT2D eigenvalue weighted by molar-refractivity contribution is 5.98. The van der Waals surface area contributed by atoms with E-state index in [4.69, 9.17) is 0 Å². The Balaban J connectivity index is 1.88. The van der Waals surface area contributed by atoms with Gasteiger partial charge in [-0.15, -0.1) is 0 Å². The van der Waals surface area contributed by atoms with Crippen molar-refractivity contribution in [3.63, 3.8) is 0 Å². The zero-order valence-corrected chi connectivity index (χ0v) is 14.0. The number of hydrogen-bond acceptors (Lipinski definition) is 2. The zero-order valence-electron chi connectivity index (χ0n) is 14.0. The normalized spacial score (nSPS) is 17.2. The third-order valence-electron chi connectivity index (χ3n) is 4.79. The van der Waals surface area contributed by atoms with Crippen molar-refractivity contribution >= 4 is 11.9 Å². The molecule has 1 aromatic carbocycles. The highest BCUT2D eigenvalue weighted by atomic mass is 16.4. The van der Waals surface area contributed by atoms with Gasteiger partial charge in [0.05, 0.1) is 5.56 Å². The third kappa shape index (κ3) is 2.94. The number of carboxylic acid groups (broad SMARTS) is 1. The summed E-state index contributed by atoms with van der Waals surface area (Å²) in [6, 6.07) is 11.3. The lowest BCUT2D eigenvalue weighted by Gasteiger charge is -2.21. The van der Waals surface area contributed by atoms with Gasteiger partial charge in [-0.2, -0.15) is 0 Å². The van der Waals surface area contributed by atoms with Crippen molar-refractivity contribution in [3.05, 3.63) is 58.9 Å². The number of nitrogens with zero attached hydrogens (tertiary/aromatic N) is 2. The van der Waals surface area contributed by atoms with Gasteiger partial charge in [0.1, 0.15) is 6.04 Å². The van der Waals surface area contributed by atoms with Gasteiger partial charge in [-0.25, -0.2) is 4.79 Å². The summed E-state index contributed by atoms with van der Waals surface area (Å²) < 4.78 is 2.11. The maximum atomic E-state index is 12.8. The largest absolute Gasteiger partial charge is 0.480 e. The second-order valence-electron chi connectivity index (χ2n) is 6.35. The van der Waals surface area contributed by atoms with Gasteiger partial charge in [-0.1, -0.05) is 30.3 Å². The predicted molar refractivity (Wildman–Crippen MR) is 91.1 cm³/mol. The van der Waals surface area contributed by atoms with Gasteiger partial charge in [0, 0.05) is 24.5 Å². The van der Waals surface area contributed by atoms with Crippen LogP contribution in [0.25, 0.3) is 0 Å². The minimum atomic E-state index is -0.918. The van der Waals surface area contributed by atoms with E-state index < -0.39 is 12.0 Å². The molecule has 0 bridgehead atoms. The summed E-state index contributed by atoms with van der Waals surface area (Å²) in [5.74, 6) is -1.09. The molecule has 3 rings (SSSR count). The summed E-state index contributed by atoms with van der Waals surface area (Å²) in [5, 5.41) is 9.30. The van der Waals surface area contributed by atoms with E-state index in [0.717, 1.165) is 17.8 Å². The lowest BCUT2D eigenvalue weighted by Crippen LogP contribution is -2.40. The van der Waals surface area contributed by atoms with E-state index in [0.29, 0.717) is 25.1 Å². The maximum Gasteiger partial charge on any atom is 0.326 e. The number of hydrogen-bond donors (Lipinski definition) is 1. The molecule has 1 atom stereocenters. The van der Waals surface area contributed by atoms with Crippen LogP contribution in [0.3, 0.4) is 0 Å². The Labute approximate surface area is 141 Å². The SMILES string of the molecule is Cc1cc(C(=O)N2CCCC2C(=O)O)c(C)n1Cc1ccccc1. The molecule has 0 aliphatic carbocycles. The molecule has 5 nitrogen and oxygen atoms in total. The number of carbonyl (C=O) groups is 2. The fourth-order valence-electron chi connectivity index (χ4n) is 3.45. The molecule has 0 saturated carbocycles. The Kier molecular flexibility index (Phi) is 4.42. The number of amides is 1. The van der Waals surface area contributed by atoms with Crippen molar-refractivity contribution in [3.8, 4) is 0 Å². The molecule has 0 spiro atoms. The Hall–Kier alpha value is -2.56. The average molecular weight is 326 g/mol. The maximum absolute atomic E-state index is 12.8. The van der Waals surface area contributed by atoms with Gasteiger partial charge in [0.25, 0.3) is 5.91 Å². The standard InChI is InChI=1S/C19H22N2O3/c1-13-11-16(18(22)20-10-6-9-17(20)19(23)24)14(2)21(13)12-15-7-4-3-5-8-15/h3-5,7-8,11,17H,6,9-10,12H2,1-2H3,(H,23,24). The molecule has 1 aliphatic rings. The summed E-state index contributed by atoms with van der Waals surface area (Å²) in [4.78, 5) is 25.7. The van der Waals surface area contributed by atoms with Crippen LogP contribution in [0, 0.1) is 13.8 Å². The number of carbonyl (C=O) groups excluding carboxylic acids is 1. The topological polar surface area (TPSA) is 62.5 Å². The molecule has 24 heavy (non-hydrogen) atoms. The first kappa shape index (κ1) is 16.3. The van der Waals surface area contributed by atoms with E-state index in [9.17, 15) is 14.7 Å². The molecule has 1 N–H and O–H groups in total. The number of likely N-dealkylation sites (tertiary alicyclic amines) is 1. The molecule has 1 aromatic heterocycles. The molecule has 1 unspecified atom stereocenters. The molecule has 2 aromatic rings. The molecule has 1 saturated heterocycles. The van der Waals surface area contributed by atoms with Crippen LogP contribution in [0.15, 0.2) is 36.4 Å². The first-order valence-corrected chi connectivity index (χ1v) is 8.23. The van der Waals surface area contributed by atoms with Gasteiger partial charge in [0.2, 0.25) is 0 Å². The number of carboxylic acids is 1. The number of aryl methyl sites for hydroxylation is 1. The van der Waals surface area contributed by atoms with E-state index in [2.05, 4.69) is 16.7 Å². The van der Waals surface area contributed by atoms with Crippen LogP contribution in [-0.2, 0) is 11.3 Å². The molecule has 126 valence electrons. The Morgan fingerprint density at radius 1 is 1.21 bits per heavy atom. The monoisotopic (exact) mass is 326 g/mol. The van der Waals surface area contributed by atoms with E-state index >= 15 is 0 Å². The lowest BCUT2D eigenvalue weighted by atomic mass is 10.2. The van der Waals surface area contributed by atoms with Crippen molar-refractivity contribution < 1.29 is 14.7 Å². The van der Waals surface area contributed by atoms with Crippen LogP contribution < -0.4 is 0 Å². The van der Waals surface area contributed by atoms with Crippen molar-refractivity contribution in [1.29, 1.82) is 0 Å². The molecule has 1 fully saturated rings. The second-order valence-corrected chi connectivity index (χ2v) is 6.35. The molecular formula is C19H22N2O3. The van der Waals surface area contributed by atoms with E-state index in [1.165, 1.54) is 10.5 Å². The molecule has 2 heterocycles. The Morgan fingerprint density at radius 2 is 1.92 bits per heavy atom. The van der Waals surface area contributed by atoms with E-state index in [-0.39, 0.29) is 5.91 Å². The Bertz CT molecular complexity index is 764. The van der Waals surface area contributed by atoms with Crippen molar-refractivity contribution in [2.24, 2.45) is 0 Å². The summed E-state index contributed by atoms with van der Waals surface area (Å²) >= 11 is 0. The van der Waals surface area contributed by atoms with Gasteiger partial charge in [0.15, 0.2) is 0 Å². The fourth-order valence-corrected chi connectivity index (χ4v) is 3.45. The summed E-state index contributed by atoms with van der Waals surface area (Å²) in [7, 11) is 0. The summed E-state index contributed by atoms with van der Waals surface area (Å²) in [5.41, 5.74) is 3.67. The van der Waals surface area contributed by atoms with Crippen molar-refractivity contribution in [2.75, 3.05) is 6.54 Å². The quantitative estimate of drug-likeness (QED) is 0.940. The van der Waals surface area contributed by atoms with Gasteiger partial charge < -0.3 is 14.6 Å². The lowest BCUT2D eigenvalue weighted by molar-refractivity contribution is -0.141. The van der Waals surface area contributed by atoms with Gasteiger partial charge in [-0.3, -0.25) is 4.79 Å². The summed E-state index contributed by atoms with van der Waals surface area (Å²) in [6.07, 6.45) is 1.27. The molecule has 0 radical (unpaired) electrons. The van der Waals surface area contributed by atoms with Crippen LogP contribution in [0.4, 0.5) is 0 Å². The molecule has 5 heteroatoms.